The van der Waals surface area contributed by atoms with Crippen LogP contribution < -0.4 is 20.1 Å². The van der Waals surface area contributed by atoms with E-state index >= 15 is 0 Å². The highest BCUT2D eigenvalue weighted by molar-refractivity contribution is 5.76. The van der Waals surface area contributed by atoms with E-state index in [1.165, 1.54) is 24.8 Å². The fraction of sp³-hybridized carbons (Fsp3) is 0.632. The highest BCUT2D eigenvalue weighted by atomic mass is 16.5. The summed E-state index contributed by atoms with van der Waals surface area (Å²) in [6, 6.07) is 6.36. The van der Waals surface area contributed by atoms with Gasteiger partial charge in [-0.3, -0.25) is 4.79 Å². The van der Waals surface area contributed by atoms with Crippen LogP contribution in [-0.4, -0.2) is 39.3 Å². The van der Waals surface area contributed by atoms with Crippen molar-refractivity contribution in [2.45, 2.75) is 51.0 Å². The molecule has 2 N–H and O–H groups in total. The van der Waals surface area contributed by atoms with Crippen LogP contribution in [0.3, 0.4) is 0 Å². The second-order valence-electron chi connectivity index (χ2n) is 6.34. The maximum absolute atomic E-state index is 11.9. The average molecular weight is 334 g/mol. The van der Waals surface area contributed by atoms with Gasteiger partial charge in [0, 0.05) is 19.0 Å². The van der Waals surface area contributed by atoms with Crippen LogP contribution >= 0.6 is 0 Å². The molecule has 1 amide bonds. The summed E-state index contributed by atoms with van der Waals surface area (Å²) in [4.78, 5) is 11.9. The summed E-state index contributed by atoms with van der Waals surface area (Å²) in [5, 5.41) is 6.48. The van der Waals surface area contributed by atoms with Crippen LogP contribution in [0.25, 0.3) is 0 Å². The fourth-order valence-corrected chi connectivity index (χ4v) is 3.14. The van der Waals surface area contributed by atoms with Gasteiger partial charge in [-0.2, -0.15) is 0 Å². The Labute approximate surface area is 145 Å². The molecule has 0 saturated heterocycles. The lowest BCUT2D eigenvalue weighted by atomic mass is 9.95. The second-order valence-corrected chi connectivity index (χ2v) is 6.34. The highest BCUT2D eigenvalue weighted by Crippen LogP contribution is 2.27. The van der Waals surface area contributed by atoms with Gasteiger partial charge >= 0.3 is 0 Å². The van der Waals surface area contributed by atoms with Crippen molar-refractivity contribution in [3.63, 3.8) is 0 Å². The molecular weight excluding hydrogens is 304 g/mol. The predicted octanol–water partition coefficient (Wildman–Crippen LogP) is 2.67. The summed E-state index contributed by atoms with van der Waals surface area (Å²) in [6.07, 6.45) is 7.51. The van der Waals surface area contributed by atoms with Crippen molar-refractivity contribution >= 4 is 5.91 Å². The smallest absolute Gasteiger partial charge is 0.221 e. The van der Waals surface area contributed by atoms with Gasteiger partial charge in [0.2, 0.25) is 5.91 Å². The van der Waals surface area contributed by atoms with Crippen molar-refractivity contribution in [2.75, 3.05) is 27.3 Å². The third kappa shape index (κ3) is 6.04. The van der Waals surface area contributed by atoms with Crippen LogP contribution in [-0.2, 0) is 11.2 Å². The third-order valence-corrected chi connectivity index (χ3v) is 4.54. The first-order chi connectivity index (χ1) is 11.7. The van der Waals surface area contributed by atoms with E-state index in [0.29, 0.717) is 19.0 Å². The van der Waals surface area contributed by atoms with Crippen molar-refractivity contribution < 1.29 is 14.3 Å². The zero-order valence-corrected chi connectivity index (χ0v) is 14.9. The Balaban J connectivity index is 1.61. The second kappa shape index (κ2) is 10.2. The topological polar surface area (TPSA) is 59.6 Å². The third-order valence-electron chi connectivity index (χ3n) is 4.54. The highest BCUT2D eigenvalue weighted by Gasteiger charge is 2.15. The molecule has 2 rings (SSSR count). The maximum Gasteiger partial charge on any atom is 0.221 e. The Morgan fingerprint density at radius 3 is 2.54 bits per heavy atom. The molecule has 0 spiro atoms. The van der Waals surface area contributed by atoms with Gasteiger partial charge in [-0.1, -0.05) is 25.3 Å². The molecule has 134 valence electrons. The number of carbonyl (C=O) groups is 1. The largest absolute Gasteiger partial charge is 0.493 e. The number of rotatable bonds is 9. The minimum Gasteiger partial charge on any atom is -0.493 e. The molecule has 1 aliphatic rings. The van der Waals surface area contributed by atoms with E-state index in [4.69, 9.17) is 9.47 Å². The Kier molecular flexibility index (Phi) is 7.89. The Bertz CT molecular complexity index is 513. The molecule has 1 aromatic rings. The molecule has 0 radical (unpaired) electrons. The van der Waals surface area contributed by atoms with Gasteiger partial charge in [0.25, 0.3) is 0 Å². The van der Waals surface area contributed by atoms with E-state index in [2.05, 4.69) is 10.6 Å². The number of benzene rings is 1. The number of nitrogens with one attached hydrogen (secondary N) is 2. The Morgan fingerprint density at radius 2 is 1.83 bits per heavy atom. The standard InChI is InChI=1S/C19H30N2O3/c1-23-17-9-8-15(14-18(17)24-2)10-12-20-13-11-19(22)21-16-6-4-3-5-7-16/h8-9,14,16,20H,3-7,10-13H2,1-2H3,(H,21,22). The molecule has 0 heterocycles. The van der Waals surface area contributed by atoms with Crippen molar-refractivity contribution in [3.8, 4) is 11.5 Å². The normalized spacial score (nSPS) is 15.1. The molecule has 1 fully saturated rings. The van der Waals surface area contributed by atoms with E-state index in [0.717, 1.165) is 37.3 Å². The van der Waals surface area contributed by atoms with Gasteiger partial charge in [0.15, 0.2) is 11.5 Å². The number of ether oxygens (including phenoxy) is 2. The minimum atomic E-state index is 0.167. The zero-order chi connectivity index (χ0) is 17.2. The van der Waals surface area contributed by atoms with Gasteiger partial charge in [0.1, 0.15) is 0 Å². The Hall–Kier alpha value is -1.75. The van der Waals surface area contributed by atoms with E-state index in [1.807, 2.05) is 18.2 Å². The molecule has 5 heteroatoms. The van der Waals surface area contributed by atoms with Crippen LogP contribution in [0.2, 0.25) is 0 Å². The van der Waals surface area contributed by atoms with Crippen LogP contribution in [0.5, 0.6) is 11.5 Å². The van der Waals surface area contributed by atoms with Gasteiger partial charge in [-0.15, -0.1) is 0 Å². The number of carbonyl (C=O) groups excluding carboxylic acids is 1. The van der Waals surface area contributed by atoms with Gasteiger partial charge in [-0.25, -0.2) is 0 Å². The lowest BCUT2D eigenvalue weighted by Crippen LogP contribution is -2.37. The summed E-state index contributed by atoms with van der Waals surface area (Å²) in [5.74, 6) is 1.66. The first-order valence-electron chi connectivity index (χ1n) is 8.94. The summed E-state index contributed by atoms with van der Waals surface area (Å²) in [7, 11) is 3.28. The van der Waals surface area contributed by atoms with E-state index in [-0.39, 0.29) is 5.91 Å². The van der Waals surface area contributed by atoms with Crippen LogP contribution in [0.15, 0.2) is 18.2 Å². The monoisotopic (exact) mass is 334 g/mol. The van der Waals surface area contributed by atoms with Gasteiger partial charge in [-0.05, 0) is 43.5 Å². The quantitative estimate of drug-likeness (QED) is 0.682. The molecule has 1 aliphatic carbocycles. The van der Waals surface area contributed by atoms with Crippen LogP contribution in [0, 0.1) is 0 Å². The SMILES string of the molecule is COc1ccc(CCNCCC(=O)NC2CCCCC2)cc1OC. The summed E-state index contributed by atoms with van der Waals surface area (Å²) in [5.41, 5.74) is 1.19. The first kappa shape index (κ1) is 18.6. The fourth-order valence-electron chi connectivity index (χ4n) is 3.14. The van der Waals surface area contributed by atoms with Crippen LogP contribution in [0.4, 0.5) is 0 Å². The zero-order valence-electron chi connectivity index (χ0n) is 14.9. The molecule has 24 heavy (non-hydrogen) atoms. The molecular formula is C19H30N2O3. The molecule has 0 atom stereocenters. The van der Waals surface area contributed by atoms with Crippen molar-refractivity contribution in [1.82, 2.24) is 10.6 Å². The summed E-state index contributed by atoms with van der Waals surface area (Å²) in [6.45, 7) is 1.55. The van der Waals surface area contributed by atoms with E-state index < -0.39 is 0 Å². The van der Waals surface area contributed by atoms with Crippen molar-refractivity contribution in [3.05, 3.63) is 23.8 Å². The van der Waals surface area contributed by atoms with Gasteiger partial charge in [0.05, 0.1) is 14.2 Å². The molecule has 5 nitrogen and oxygen atoms in total. The minimum absolute atomic E-state index is 0.167. The molecule has 1 aromatic carbocycles. The number of amides is 1. The first-order valence-corrected chi connectivity index (χ1v) is 8.94. The number of hydrogen-bond acceptors (Lipinski definition) is 4. The maximum atomic E-state index is 11.9. The lowest BCUT2D eigenvalue weighted by Gasteiger charge is -2.22. The number of hydrogen-bond donors (Lipinski definition) is 2. The Morgan fingerprint density at radius 1 is 1.08 bits per heavy atom. The molecule has 1 saturated carbocycles. The van der Waals surface area contributed by atoms with E-state index in [1.54, 1.807) is 14.2 Å². The molecule has 0 bridgehead atoms. The van der Waals surface area contributed by atoms with Crippen molar-refractivity contribution in [2.24, 2.45) is 0 Å². The van der Waals surface area contributed by atoms with Crippen LogP contribution in [0.1, 0.15) is 44.1 Å². The average Bonchev–Trinajstić information content (AvgIpc) is 2.62. The summed E-state index contributed by atoms with van der Waals surface area (Å²) < 4.78 is 10.5. The predicted molar refractivity (Wildman–Crippen MR) is 95.8 cm³/mol. The van der Waals surface area contributed by atoms with Gasteiger partial charge < -0.3 is 20.1 Å². The lowest BCUT2D eigenvalue weighted by molar-refractivity contribution is -0.121. The summed E-state index contributed by atoms with van der Waals surface area (Å²) >= 11 is 0. The van der Waals surface area contributed by atoms with Crippen molar-refractivity contribution in [1.29, 1.82) is 0 Å². The molecule has 0 unspecified atom stereocenters. The molecule has 0 aromatic heterocycles. The molecule has 0 aliphatic heterocycles. The number of methoxy groups -OCH3 is 2. The van der Waals surface area contributed by atoms with E-state index in [9.17, 15) is 4.79 Å².